The van der Waals surface area contributed by atoms with Crippen LogP contribution in [0.15, 0.2) is 48.5 Å². The molecular weight excluding hydrogens is 400 g/mol. The van der Waals surface area contributed by atoms with Gasteiger partial charge in [-0.2, -0.15) is 0 Å². The van der Waals surface area contributed by atoms with Crippen LogP contribution in [-0.2, 0) is 16.0 Å². The second-order valence-corrected chi connectivity index (χ2v) is 8.88. The number of carbonyl (C=O) groups is 2. The summed E-state index contributed by atoms with van der Waals surface area (Å²) in [6.45, 7) is 6.27. The fourth-order valence-electron chi connectivity index (χ4n) is 4.17. The van der Waals surface area contributed by atoms with Crippen LogP contribution in [0.4, 0.5) is 0 Å². The molecule has 0 spiro atoms. The van der Waals surface area contributed by atoms with E-state index in [9.17, 15) is 9.59 Å². The maximum Gasteiger partial charge on any atom is 0.261 e. The number of hydrogen-bond donors (Lipinski definition) is 1. The van der Waals surface area contributed by atoms with Gasteiger partial charge in [-0.25, -0.2) is 0 Å². The second-order valence-electron chi connectivity index (χ2n) is 8.88. The van der Waals surface area contributed by atoms with Gasteiger partial charge in [-0.05, 0) is 68.9 Å². The van der Waals surface area contributed by atoms with Crippen LogP contribution in [0, 0.1) is 13.8 Å². The highest BCUT2D eigenvalue weighted by Crippen LogP contribution is 2.19. The highest BCUT2D eigenvalue weighted by molar-refractivity contribution is 5.88. The van der Waals surface area contributed by atoms with Crippen molar-refractivity contribution >= 4 is 11.8 Å². The van der Waals surface area contributed by atoms with Gasteiger partial charge in [0.1, 0.15) is 11.8 Å². The Balaban J connectivity index is 1.65. The summed E-state index contributed by atoms with van der Waals surface area (Å²) in [6, 6.07) is 15.5. The molecule has 0 aromatic heterocycles. The standard InChI is InChI=1S/C27H36N2O3/c1-20-14-15-25(18-21(20)2)32-19-26(30)29(17-16-23-10-6-4-7-11-23)22(3)27(31)28-24-12-8-5-9-13-24/h4,6-7,10-11,14-15,18,22,24H,5,8-9,12-13,16-17,19H2,1-3H3,(H,28,31)/t22-/m0/s1. The topological polar surface area (TPSA) is 58.6 Å². The molecule has 1 saturated carbocycles. The molecule has 1 fully saturated rings. The summed E-state index contributed by atoms with van der Waals surface area (Å²) in [5.41, 5.74) is 3.44. The van der Waals surface area contributed by atoms with Gasteiger partial charge in [0.25, 0.3) is 5.91 Å². The molecular formula is C27H36N2O3. The summed E-state index contributed by atoms with van der Waals surface area (Å²) in [5, 5.41) is 3.17. The van der Waals surface area contributed by atoms with E-state index < -0.39 is 6.04 Å². The monoisotopic (exact) mass is 436 g/mol. The van der Waals surface area contributed by atoms with Crippen LogP contribution in [0.1, 0.15) is 55.7 Å². The van der Waals surface area contributed by atoms with Crippen molar-refractivity contribution in [2.75, 3.05) is 13.2 Å². The van der Waals surface area contributed by atoms with E-state index in [0.29, 0.717) is 18.7 Å². The summed E-state index contributed by atoms with van der Waals surface area (Å²) in [6.07, 6.45) is 6.27. The number of nitrogens with one attached hydrogen (secondary N) is 1. The van der Waals surface area contributed by atoms with Crippen LogP contribution >= 0.6 is 0 Å². The number of amides is 2. The van der Waals surface area contributed by atoms with E-state index in [1.807, 2.05) is 69.3 Å². The summed E-state index contributed by atoms with van der Waals surface area (Å²) >= 11 is 0. The van der Waals surface area contributed by atoms with Gasteiger partial charge in [-0.15, -0.1) is 0 Å². The Bertz CT molecular complexity index is 891. The predicted molar refractivity (Wildman–Crippen MR) is 128 cm³/mol. The molecule has 2 aromatic rings. The first kappa shape index (κ1) is 23.8. The Morgan fingerprint density at radius 1 is 1.03 bits per heavy atom. The van der Waals surface area contributed by atoms with Crippen molar-refractivity contribution in [2.24, 2.45) is 0 Å². The highest BCUT2D eigenvalue weighted by atomic mass is 16.5. The molecule has 1 aliphatic rings. The van der Waals surface area contributed by atoms with Crippen molar-refractivity contribution in [1.29, 1.82) is 0 Å². The van der Waals surface area contributed by atoms with Crippen molar-refractivity contribution in [3.63, 3.8) is 0 Å². The summed E-state index contributed by atoms with van der Waals surface area (Å²) in [7, 11) is 0. The number of aryl methyl sites for hydroxylation is 2. The lowest BCUT2D eigenvalue weighted by molar-refractivity contribution is -0.141. The number of hydrogen-bond acceptors (Lipinski definition) is 3. The van der Waals surface area contributed by atoms with E-state index in [1.54, 1.807) is 4.90 Å². The number of ether oxygens (including phenoxy) is 1. The van der Waals surface area contributed by atoms with Crippen LogP contribution < -0.4 is 10.1 Å². The Morgan fingerprint density at radius 3 is 2.44 bits per heavy atom. The Hall–Kier alpha value is -2.82. The third kappa shape index (κ3) is 6.84. The zero-order valence-electron chi connectivity index (χ0n) is 19.6. The van der Waals surface area contributed by atoms with Crippen molar-refractivity contribution < 1.29 is 14.3 Å². The van der Waals surface area contributed by atoms with E-state index in [1.165, 1.54) is 12.0 Å². The quantitative estimate of drug-likeness (QED) is 0.625. The number of rotatable bonds is 9. The molecule has 0 radical (unpaired) electrons. The fourth-order valence-corrected chi connectivity index (χ4v) is 4.17. The minimum atomic E-state index is -0.545. The summed E-state index contributed by atoms with van der Waals surface area (Å²) < 4.78 is 5.79. The second kappa shape index (κ2) is 11.7. The minimum Gasteiger partial charge on any atom is -0.484 e. The molecule has 0 heterocycles. The highest BCUT2D eigenvalue weighted by Gasteiger charge is 2.28. The zero-order chi connectivity index (χ0) is 22.9. The van der Waals surface area contributed by atoms with Crippen molar-refractivity contribution in [2.45, 2.75) is 71.4 Å². The molecule has 3 rings (SSSR count). The van der Waals surface area contributed by atoms with Gasteiger partial charge in [0.2, 0.25) is 5.91 Å². The first-order valence-corrected chi connectivity index (χ1v) is 11.8. The van der Waals surface area contributed by atoms with Crippen LogP contribution in [0.2, 0.25) is 0 Å². The Kier molecular flexibility index (Phi) is 8.72. The van der Waals surface area contributed by atoms with Gasteiger partial charge in [-0.1, -0.05) is 55.7 Å². The Labute approximate surface area is 192 Å². The zero-order valence-corrected chi connectivity index (χ0v) is 19.6. The minimum absolute atomic E-state index is 0.0792. The average Bonchev–Trinajstić information content (AvgIpc) is 2.81. The lowest BCUT2D eigenvalue weighted by Crippen LogP contribution is -2.52. The number of carbonyl (C=O) groups excluding carboxylic acids is 2. The van der Waals surface area contributed by atoms with Gasteiger partial charge in [0.15, 0.2) is 6.61 Å². The third-order valence-electron chi connectivity index (χ3n) is 6.44. The molecule has 0 aliphatic heterocycles. The van der Waals surface area contributed by atoms with Crippen LogP contribution in [-0.4, -0.2) is 41.9 Å². The van der Waals surface area contributed by atoms with Gasteiger partial charge < -0.3 is 15.0 Å². The van der Waals surface area contributed by atoms with Gasteiger partial charge in [-0.3, -0.25) is 9.59 Å². The van der Waals surface area contributed by atoms with Crippen molar-refractivity contribution in [1.82, 2.24) is 10.2 Å². The van der Waals surface area contributed by atoms with Crippen molar-refractivity contribution in [3.05, 3.63) is 65.2 Å². The molecule has 1 N–H and O–H groups in total. The van der Waals surface area contributed by atoms with E-state index in [2.05, 4.69) is 5.32 Å². The summed E-state index contributed by atoms with van der Waals surface area (Å²) in [5.74, 6) is 0.415. The van der Waals surface area contributed by atoms with Crippen LogP contribution in [0.3, 0.4) is 0 Å². The number of benzene rings is 2. The van der Waals surface area contributed by atoms with Gasteiger partial charge >= 0.3 is 0 Å². The maximum absolute atomic E-state index is 13.1. The normalized spacial score (nSPS) is 15.1. The lowest BCUT2D eigenvalue weighted by atomic mass is 9.95. The van der Waals surface area contributed by atoms with E-state index in [-0.39, 0.29) is 24.5 Å². The van der Waals surface area contributed by atoms with E-state index in [0.717, 1.165) is 36.8 Å². The summed E-state index contributed by atoms with van der Waals surface area (Å²) in [4.78, 5) is 27.8. The lowest BCUT2D eigenvalue weighted by Gasteiger charge is -2.31. The molecule has 32 heavy (non-hydrogen) atoms. The number of nitrogens with zero attached hydrogens (tertiary/aromatic N) is 1. The SMILES string of the molecule is Cc1ccc(OCC(=O)N(CCc2ccccc2)[C@@H](C)C(=O)NC2CCCCC2)cc1C. The average molecular weight is 437 g/mol. The molecule has 0 saturated heterocycles. The van der Waals surface area contributed by atoms with Crippen molar-refractivity contribution in [3.8, 4) is 5.75 Å². The largest absolute Gasteiger partial charge is 0.484 e. The third-order valence-corrected chi connectivity index (χ3v) is 6.44. The Morgan fingerprint density at radius 2 is 1.75 bits per heavy atom. The predicted octanol–water partition coefficient (Wildman–Crippen LogP) is 4.59. The van der Waals surface area contributed by atoms with Gasteiger partial charge in [0.05, 0.1) is 0 Å². The van der Waals surface area contributed by atoms with E-state index in [4.69, 9.17) is 4.74 Å². The van der Waals surface area contributed by atoms with Gasteiger partial charge in [0, 0.05) is 12.6 Å². The molecule has 2 amide bonds. The molecule has 5 heteroatoms. The first-order valence-electron chi connectivity index (χ1n) is 11.8. The first-order chi connectivity index (χ1) is 15.4. The van der Waals surface area contributed by atoms with Crippen LogP contribution in [0.25, 0.3) is 0 Å². The molecule has 2 aromatic carbocycles. The molecule has 5 nitrogen and oxygen atoms in total. The molecule has 172 valence electrons. The maximum atomic E-state index is 13.1. The molecule has 0 unspecified atom stereocenters. The molecule has 1 atom stereocenters. The fraction of sp³-hybridized carbons (Fsp3) is 0.481. The molecule has 1 aliphatic carbocycles. The van der Waals surface area contributed by atoms with Crippen LogP contribution in [0.5, 0.6) is 5.75 Å². The van der Waals surface area contributed by atoms with E-state index >= 15 is 0 Å². The smallest absolute Gasteiger partial charge is 0.261 e. The molecule has 0 bridgehead atoms.